The average molecular weight is 411 g/mol. The number of nitrogens with zero attached hydrogens (tertiary/aromatic N) is 2. The van der Waals surface area contributed by atoms with E-state index >= 15 is 0 Å². The van der Waals surface area contributed by atoms with Crippen molar-refractivity contribution < 1.29 is 22.1 Å². The number of pyridine rings is 1. The van der Waals surface area contributed by atoms with Gasteiger partial charge in [-0.3, -0.25) is 9.78 Å². The Kier molecular flexibility index (Phi) is 6.20. The van der Waals surface area contributed by atoms with Crippen molar-refractivity contribution in [1.29, 1.82) is 0 Å². The van der Waals surface area contributed by atoms with Crippen LogP contribution in [0.1, 0.15) is 15.9 Å². The number of aromatic nitrogens is 1. The first kappa shape index (κ1) is 20.0. The highest BCUT2D eigenvalue weighted by Crippen LogP contribution is 2.30. The summed E-state index contributed by atoms with van der Waals surface area (Å²) in [5, 5.41) is 3.88. The van der Waals surface area contributed by atoms with Crippen LogP contribution in [0, 0.1) is 0 Å². The van der Waals surface area contributed by atoms with Gasteiger partial charge in [0.1, 0.15) is 4.90 Å². The van der Waals surface area contributed by atoms with Crippen molar-refractivity contribution in [1.82, 2.24) is 10.4 Å². The zero-order chi connectivity index (χ0) is 20.7. The first-order chi connectivity index (χ1) is 14.0. The summed E-state index contributed by atoms with van der Waals surface area (Å²) in [6.07, 6.45) is 4.38. The summed E-state index contributed by atoms with van der Waals surface area (Å²) in [6, 6.07) is 15.6. The third kappa shape index (κ3) is 5.17. The van der Waals surface area contributed by atoms with E-state index in [0.29, 0.717) is 11.1 Å². The monoisotopic (exact) mass is 411 g/mol. The molecule has 1 aromatic heterocycles. The Hall–Kier alpha value is -3.72. The zero-order valence-electron chi connectivity index (χ0n) is 15.3. The number of amides is 1. The van der Waals surface area contributed by atoms with Gasteiger partial charge in [0.15, 0.2) is 11.5 Å². The number of ether oxygens (including phenoxy) is 1. The Morgan fingerprint density at radius 1 is 1.07 bits per heavy atom. The van der Waals surface area contributed by atoms with Crippen LogP contribution in [0.4, 0.5) is 0 Å². The van der Waals surface area contributed by atoms with E-state index in [1.165, 1.54) is 43.8 Å². The summed E-state index contributed by atoms with van der Waals surface area (Å²) in [5.74, 6) is -0.171. The van der Waals surface area contributed by atoms with Crippen molar-refractivity contribution in [2.45, 2.75) is 4.90 Å². The number of carbonyl (C=O) groups is 1. The molecule has 3 aromatic rings. The lowest BCUT2D eigenvalue weighted by Gasteiger charge is -2.11. The van der Waals surface area contributed by atoms with E-state index in [-0.39, 0.29) is 16.4 Å². The Balaban J connectivity index is 1.73. The summed E-state index contributed by atoms with van der Waals surface area (Å²) in [7, 11) is -2.60. The van der Waals surface area contributed by atoms with E-state index in [2.05, 4.69) is 15.5 Å². The van der Waals surface area contributed by atoms with Gasteiger partial charge >= 0.3 is 10.1 Å². The van der Waals surface area contributed by atoms with E-state index in [9.17, 15) is 13.2 Å². The van der Waals surface area contributed by atoms with Gasteiger partial charge in [0, 0.05) is 12.4 Å². The highest BCUT2D eigenvalue weighted by molar-refractivity contribution is 7.87. The zero-order valence-corrected chi connectivity index (χ0v) is 16.2. The summed E-state index contributed by atoms with van der Waals surface area (Å²) in [6.45, 7) is 0. The van der Waals surface area contributed by atoms with Crippen LogP contribution >= 0.6 is 0 Å². The smallest absolute Gasteiger partial charge is 0.339 e. The topological polar surface area (TPSA) is 107 Å². The van der Waals surface area contributed by atoms with Crippen LogP contribution in [0.25, 0.3) is 0 Å². The first-order valence-electron chi connectivity index (χ1n) is 8.40. The number of rotatable bonds is 7. The minimum absolute atomic E-state index is 0.0332. The molecule has 9 heteroatoms. The lowest BCUT2D eigenvalue weighted by atomic mass is 10.2. The molecule has 3 rings (SSSR count). The molecule has 8 nitrogen and oxygen atoms in total. The quantitative estimate of drug-likeness (QED) is 0.364. The van der Waals surface area contributed by atoms with E-state index in [1.807, 2.05) is 0 Å². The molecule has 0 aliphatic heterocycles. The molecule has 0 saturated heterocycles. The normalized spacial score (nSPS) is 11.2. The molecule has 0 atom stereocenters. The summed E-state index contributed by atoms with van der Waals surface area (Å²) >= 11 is 0. The van der Waals surface area contributed by atoms with E-state index in [1.54, 1.807) is 42.6 Å². The molecule has 0 bridgehead atoms. The second kappa shape index (κ2) is 8.98. The fraction of sp³-hybridized carbons (Fsp3) is 0.0500. The lowest BCUT2D eigenvalue weighted by molar-refractivity contribution is 0.0954. The average Bonchev–Trinajstić information content (AvgIpc) is 2.75. The second-order valence-electron chi connectivity index (χ2n) is 5.70. The lowest BCUT2D eigenvalue weighted by Crippen LogP contribution is -2.17. The molecule has 0 fully saturated rings. The molecule has 0 radical (unpaired) electrons. The van der Waals surface area contributed by atoms with Gasteiger partial charge in [-0.1, -0.05) is 18.2 Å². The Labute approximate surface area is 167 Å². The van der Waals surface area contributed by atoms with E-state index in [4.69, 9.17) is 8.92 Å². The molecular formula is C20H17N3O5S. The van der Waals surface area contributed by atoms with Crippen LogP contribution in [0.15, 0.2) is 83.1 Å². The van der Waals surface area contributed by atoms with Gasteiger partial charge in [-0.2, -0.15) is 13.5 Å². The molecule has 1 N–H and O–H groups in total. The Morgan fingerprint density at radius 3 is 2.55 bits per heavy atom. The number of hydrazone groups is 1. The van der Waals surface area contributed by atoms with Crippen molar-refractivity contribution in [3.8, 4) is 11.5 Å². The van der Waals surface area contributed by atoms with Crippen LogP contribution in [-0.4, -0.2) is 32.6 Å². The van der Waals surface area contributed by atoms with Crippen LogP contribution in [-0.2, 0) is 10.1 Å². The third-order valence-corrected chi connectivity index (χ3v) is 4.97. The molecule has 0 spiro atoms. The van der Waals surface area contributed by atoms with Gasteiger partial charge in [0.2, 0.25) is 0 Å². The summed E-state index contributed by atoms with van der Waals surface area (Å²) in [5.41, 5.74) is 3.32. The van der Waals surface area contributed by atoms with Gasteiger partial charge in [-0.15, -0.1) is 0 Å². The largest absolute Gasteiger partial charge is 0.493 e. The molecule has 0 saturated carbocycles. The van der Waals surface area contributed by atoms with E-state index in [0.717, 1.165) is 0 Å². The Morgan fingerprint density at radius 2 is 1.86 bits per heavy atom. The fourth-order valence-electron chi connectivity index (χ4n) is 2.31. The van der Waals surface area contributed by atoms with Gasteiger partial charge in [-0.25, -0.2) is 5.43 Å². The summed E-state index contributed by atoms with van der Waals surface area (Å²) in [4.78, 5) is 15.8. The van der Waals surface area contributed by atoms with Gasteiger partial charge in [-0.05, 0) is 48.0 Å². The minimum Gasteiger partial charge on any atom is -0.493 e. The maximum atomic E-state index is 12.4. The minimum atomic E-state index is -3.99. The van der Waals surface area contributed by atoms with Crippen LogP contribution in [0.2, 0.25) is 0 Å². The number of methoxy groups -OCH3 is 1. The standard InChI is InChI=1S/C20H17N3O5S/c1-27-19-12-15(13-22-23-20(24)16-6-5-11-21-14-16)9-10-18(19)28-29(25,26)17-7-3-2-4-8-17/h2-14H,1H3,(H,23,24)/b22-13-. The highest BCUT2D eigenvalue weighted by Gasteiger charge is 2.18. The molecule has 29 heavy (non-hydrogen) atoms. The molecule has 0 unspecified atom stereocenters. The van der Waals surface area contributed by atoms with E-state index < -0.39 is 16.0 Å². The highest BCUT2D eigenvalue weighted by atomic mass is 32.2. The number of hydrogen-bond donors (Lipinski definition) is 1. The predicted molar refractivity (Wildman–Crippen MR) is 107 cm³/mol. The SMILES string of the molecule is COc1cc(/C=N\NC(=O)c2cccnc2)ccc1OS(=O)(=O)c1ccccc1. The number of nitrogens with one attached hydrogen (secondary N) is 1. The van der Waals surface area contributed by atoms with Crippen molar-refractivity contribution in [2.24, 2.45) is 5.10 Å². The molecule has 0 aliphatic rings. The van der Waals surface area contributed by atoms with Crippen molar-refractivity contribution in [3.05, 3.63) is 84.2 Å². The Bertz CT molecular complexity index is 1120. The molecule has 1 amide bonds. The molecule has 0 aliphatic carbocycles. The van der Waals surface area contributed by atoms with Crippen LogP contribution < -0.4 is 14.3 Å². The van der Waals surface area contributed by atoms with Gasteiger partial charge in [0.05, 0.1) is 18.9 Å². The maximum absolute atomic E-state index is 12.4. The predicted octanol–water partition coefficient (Wildman–Crippen LogP) is 2.62. The van der Waals surface area contributed by atoms with Crippen LogP contribution in [0.5, 0.6) is 11.5 Å². The second-order valence-corrected chi connectivity index (χ2v) is 7.25. The van der Waals surface area contributed by atoms with Crippen LogP contribution in [0.3, 0.4) is 0 Å². The van der Waals surface area contributed by atoms with Gasteiger partial charge < -0.3 is 8.92 Å². The number of hydrogen-bond acceptors (Lipinski definition) is 7. The van der Waals surface area contributed by atoms with Crippen molar-refractivity contribution in [2.75, 3.05) is 7.11 Å². The molecule has 1 heterocycles. The summed E-state index contributed by atoms with van der Waals surface area (Å²) < 4.78 is 35.2. The number of benzene rings is 2. The maximum Gasteiger partial charge on any atom is 0.339 e. The third-order valence-electron chi connectivity index (χ3n) is 3.72. The molecule has 148 valence electrons. The molecular weight excluding hydrogens is 394 g/mol. The molecule has 2 aromatic carbocycles. The fourth-order valence-corrected chi connectivity index (χ4v) is 3.27. The van der Waals surface area contributed by atoms with Crippen molar-refractivity contribution in [3.63, 3.8) is 0 Å². The van der Waals surface area contributed by atoms with Crippen molar-refractivity contribution >= 4 is 22.2 Å². The first-order valence-corrected chi connectivity index (χ1v) is 9.81. The number of carbonyl (C=O) groups excluding carboxylic acids is 1. The van der Waals surface area contributed by atoms with Gasteiger partial charge in [0.25, 0.3) is 5.91 Å².